The minimum atomic E-state index is -4.75. The number of amides is 1. The van der Waals surface area contributed by atoms with Crippen molar-refractivity contribution in [2.75, 3.05) is 26.7 Å². The predicted octanol–water partition coefficient (Wildman–Crippen LogP) is 4.77. The van der Waals surface area contributed by atoms with E-state index in [1.807, 2.05) is 31.3 Å². The van der Waals surface area contributed by atoms with E-state index in [1.165, 1.54) is 12.1 Å². The van der Waals surface area contributed by atoms with Gasteiger partial charge in [0, 0.05) is 42.8 Å². The SMILES string of the molecule is C=C([C@H](Cc1ccc(Br)cc1)NC(=O)C1(c2ccc(OC(F)(F)F)cc2)CC1)N(C)CC1CNC1. The summed E-state index contributed by atoms with van der Waals surface area (Å²) in [6, 6.07) is 13.2. The fourth-order valence-electron chi connectivity index (χ4n) is 4.40. The van der Waals surface area contributed by atoms with Crippen LogP contribution in [0.15, 0.2) is 65.3 Å². The maximum atomic E-state index is 13.5. The largest absolute Gasteiger partial charge is 0.573 e. The average Bonchev–Trinajstić information content (AvgIpc) is 3.58. The molecule has 188 valence electrons. The highest BCUT2D eigenvalue weighted by molar-refractivity contribution is 9.10. The monoisotopic (exact) mass is 551 g/mol. The Morgan fingerprint density at radius 1 is 1.20 bits per heavy atom. The van der Waals surface area contributed by atoms with Crippen molar-refractivity contribution in [3.8, 4) is 5.75 Å². The molecule has 0 aromatic heterocycles. The molecule has 2 aromatic carbocycles. The molecule has 2 fully saturated rings. The Morgan fingerprint density at radius 2 is 1.83 bits per heavy atom. The van der Waals surface area contributed by atoms with Crippen molar-refractivity contribution in [2.45, 2.75) is 37.1 Å². The predicted molar refractivity (Wildman–Crippen MR) is 132 cm³/mol. The Morgan fingerprint density at radius 3 is 2.34 bits per heavy atom. The van der Waals surface area contributed by atoms with Crippen LogP contribution in [0.5, 0.6) is 5.75 Å². The van der Waals surface area contributed by atoms with Crippen molar-refractivity contribution in [1.82, 2.24) is 15.5 Å². The summed E-state index contributed by atoms with van der Waals surface area (Å²) in [5.74, 6) is 0.114. The minimum Gasteiger partial charge on any atom is -0.406 e. The second kappa shape index (κ2) is 10.2. The smallest absolute Gasteiger partial charge is 0.406 e. The molecule has 1 aliphatic heterocycles. The molecule has 1 saturated carbocycles. The van der Waals surface area contributed by atoms with E-state index in [2.05, 4.69) is 42.8 Å². The van der Waals surface area contributed by atoms with E-state index in [-0.39, 0.29) is 17.7 Å². The van der Waals surface area contributed by atoms with E-state index in [0.717, 1.165) is 35.4 Å². The van der Waals surface area contributed by atoms with Gasteiger partial charge in [-0.15, -0.1) is 13.2 Å². The third-order valence-electron chi connectivity index (χ3n) is 6.77. The van der Waals surface area contributed by atoms with Gasteiger partial charge in [0.2, 0.25) is 5.91 Å². The Bertz CT molecular complexity index is 1050. The van der Waals surface area contributed by atoms with E-state index in [4.69, 9.17) is 0 Å². The number of hydrogen-bond acceptors (Lipinski definition) is 4. The molecule has 9 heteroatoms. The van der Waals surface area contributed by atoms with Crippen LogP contribution in [0.25, 0.3) is 0 Å². The molecule has 0 radical (unpaired) electrons. The summed E-state index contributed by atoms with van der Waals surface area (Å²) in [6.07, 6.45) is -2.89. The molecule has 0 spiro atoms. The molecule has 5 nitrogen and oxygen atoms in total. The summed E-state index contributed by atoms with van der Waals surface area (Å²) in [4.78, 5) is 15.6. The molecule has 1 aliphatic carbocycles. The number of carbonyl (C=O) groups excluding carboxylic acids is 1. The lowest BCUT2D eigenvalue weighted by Crippen LogP contribution is -2.50. The van der Waals surface area contributed by atoms with Gasteiger partial charge in [-0.25, -0.2) is 0 Å². The summed E-state index contributed by atoms with van der Waals surface area (Å²) < 4.78 is 42.5. The lowest BCUT2D eigenvalue weighted by Gasteiger charge is -2.36. The molecule has 2 aliphatic rings. The third-order valence-corrected chi connectivity index (χ3v) is 7.30. The van der Waals surface area contributed by atoms with Crippen LogP contribution in [0.1, 0.15) is 24.0 Å². The molecule has 1 heterocycles. The van der Waals surface area contributed by atoms with Crippen LogP contribution >= 0.6 is 15.9 Å². The van der Waals surface area contributed by atoms with Crippen LogP contribution in [-0.2, 0) is 16.6 Å². The normalized spacial score (nSPS) is 17.7. The van der Waals surface area contributed by atoms with Gasteiger partial charge >= 0.3 is 6.36 Å². The van der Waals surface area contributed by atoms with Crippen LogP contribution in [0.3, 0.4) is 0 Å². The van der Waals surface area contributed by atoms with Gasteiger partial charge < -0.3 is 20.3 Å². The van der Waals surface area contributed by atoms with E-state index in [0.29, 0.717) is 30.7 Å². The second-order valence-corrected chi connectivity index (χ2v) is 10.3. The number of hydrogen-bond donors (Lipinski definition) is 2. The highest BCUT2D eigenvalue weighted by Crippen LogP contribution is 2.49. The standard InChI is InChI=1S/C26H29BrF3N3O2/c1-17(33(2)16-19-14-31-15-19)23(13-18-3-7-21(27)8-4-18)32-24(34)25(11-12-25)20-5-9-22(10-6-20)35-26(28,29)30/h3-10,19,23,31H,1,11-16H2,2H3,(H,32,34)/t23-/m0/s1. The van der Waals surface area contributed by atoms with Gasteiger partial charge in [-0.3, -0.25) is 4.79 Å². The first kappa shape index (κ1) is 25.6. The maximum Gasteiger partial charge on any atom is 0.573 e. The number of ether oxygens (including phenoxy) is 1. The minimum absolute atomic E-state index is 0.135. The third kappa shape index (κ3) is 6.38. The van der Waals surface area contributed by atoms with Gasteiger partial charge in [0.15, 0.2) is 0 Å². The fraction of sp³-hybridized carbons (Fsp3) is 0.423. The first-order valence-corrected chi connectivity index (χ1v) is 12.4. The molecule has 1 amide bonds. The van der Waals surface area contributed by atoms with Crippen LogP contribution in [0, 0.1) is 5.92 Å². The molecular weight excluding hydrogens is 523 g/mol. The van der Waals surface area contributed by atoms with Gasteiger partial charge in [-0.2, -0.15) is 0 Å². The van der Waals surface area contributed by atoms with Crippen LogP contribution < -0.4 is 15.4 Å². The first-order valence-electron chi connectivity index (χ1n) is 11.6. The molecule has 1 atom stereocenters. The Balaban J connectivity index is 1.49. The summed E-state index contributed by atoms with van der Waals surface area (Å²) >= 11 is 3.45. The molecule has 2 aromatic rings. The van der Waals surface area contributed by atoms with Gasteiger partial charge in [0.1, 0.15) is 5.75 Å². The van der Waals surface area contributed by atoms with Gasteiger partial charge in [-0.05, 0) is 54.7 Å². The van der Waals surface area contributed by atoms with Crippen molar-refractivity contribution in [3.05, 3.63) is 76.4 Å². The molecule has 35 heavy (non-hydrogen) atoms. The van der Waals surface area contributed by atoms with E-state index in [1.54, 1.807) is 12.1 Å². The van der Waals surface area contributed by atoms with E-state index >= 15 is 0 Å². The molecule has 2 N–H and O–H groups in total. The summed E-state index contributed by atoms with van der Waals surface area (Å²) in [5, 5.41) is 6.48. The number of carbonyl (C=O) groups is 1. The van der Waals surface area contributed by atoms with E-state index < -0.39 is 11.8 Å². The number of benzene rings is 2. The van der Waals surface area contributed by atoms with Gasteiger partial charge in [0.25, 0.3) is 0 Å². The van der Waals surface area contributed by atoms with Crippen molar-refractivity contribution in [1.29, 1.82) is 0 Å². The van der Waals surface area contributed by atoms with Crippen molar-refractivity contribution < 1.29 is 22.7 Å². The van der Waals surface area contributed by atoms with Gasteiger partial charge in [0.05, 0.1) is 11.5 Å². The lowest BCUT2D eigenvalue weighted by molar-refractivity contribution is -0.274. The van der Waals surface area contributed by atoms with Crippen molar-refractivity contribution in [3.63, 3.8) is 0 Å². The topological polar surface area (TPSA) is 53.6 Å². The zero-order valence-corrected chi connectivity index (χ0v) is 21.1. The Labute approximate surface area is 211 Å². The summed E-state index contributed by atoms with van der Waals surface area (Å²) in [5.41, 5.74) is 1.84. The summed E-state index contributed by atoms with van der Waals surface area (Å²) in [7, 11) is 1.99. The van der Waals surface area contributed by atoms with Gasteiger partial charge in [-0.1, -0.05) is 46.8 Å². The Hall–Kier alpha value is -2.52. The molecule has 4 rings (SSSR count). The molecule has 0 unspecified atom stereocenters. The summed E-state index contributed by atoms with van der Waals surface area (Å²) in [6.45, 7) is 7.11. The van der Waals surface area contributed by atoms with E-state index in [9.17, 15) is 18.0 Å². The second-order valence-electron chi connectivity index (χ2n) is 9.41. The van der Waals surface area contributed by atoms with Crippen LogP contribution in [-0.4, -0.2) is 49.9 Å². The fourth-order valence-corrected chi connectivity index (χ4v) is 4.66. The quantitative estimate of drug-likeness (QED) is 0.446. The molecular formula is C26H29BrF3N3O2. The van der Waals surface area contributed by atoms with Crippen LogP contribution in [0.4, 0.5) is 13.2 Å². The lowest BCUT2D eigenvalue weighted by atomic mass is 9.93. The van der Waals surface area contributed by atoms with Crippen LogP contribution in [0.2, 0.25) is 0 Å². The zero-order valence-electron chi connectivity index (χ0n) is 19.5. The van der Waals surface area contributed by atoms with Crippen molar-refractivity contribution >= 4 is 21.8 Å². The number of nitrogens with zero attached hydrogens (tertiary/aromatic N) is 1. The molecule has 1 saturated heterocycles. The average molecular weight is 552 g/mol. The highest BCUT2D eigenvalue weighted by atomic mass is 79.9. The number of nitrogens with one attached hydrogen (secondary N) is 2. The number of likely N-dealkylation sites (N-methyl/N-ethyl adjacent to an activating group) is 1. The number of rotatable bonds is 10. The zero-order chi connectivity index (χ0) is 25.2. The molecule has 0 bridgehead atoms. The first-order chi connectivity index (χ1) is 16.6. The highest BCUT2D eigenvalue weighted by Gasteiger charge is 2.51. The number of halogens is 4. The van der Waals surface area contributed by atoms with Crippen molar-refractivity contribution in [2.24, 2.45) is 5.92 Å². The number of alkyl halides is 3. The maximum absolute atomic E-state index is 13.5. The Kier molecular flexibility index (Phi) is 7.47.